The molecule has 2 aromatic rings. The molecule has 6 heteroatoms. The Morgan fingerprint density at radius 2 is 1.92 bits per heavy atom. The summed E-state index contributed by atoms with van der Waals surface area (Å²) in [4.78, 5) is 12.6. The number of amides is 1. The van der Waals surface area contributed by atoms with Gasteiger partial charge in [0.25, 0.3) is 5.91 Å². The van der Waals surface area contributed by atoms with E-state index >= 15 is 0 Å². The van der Waals surface area contributed by atoms with E-state index in [0.29, 0.717) is 22.8 Å². The third-order valence-corrected chi connectivity index (χ3v) is 4.50. The molecule has 0 spiro atoms. The highest BCUT2D eigenvalue weighted by Crippen LogP contribution is 2.32. The molecule has 1 aromatic heterocycles. The molecule has 0 radical (unpaired) electrons. The van der Waals surface area contributed by atoms with Crippen LogP contribution in [-0.4, -0.2) is 36.4 Å². The van der Waals surface area contributed by atoms with Gasteiger partial charge in [0, 0.05) is 11.6 Å². The van der Waals surface area contributed by atoms with E-state index in [1.54, 1.807) is 20.4 Å². The van der Waals surface area contributed by atoms with Crippen molar-refractivity contribution in [1.82, 2.24) is 15.5 Å². The predicted molar refractivity (Wildman–Crippen MR) is 91.5 cm³/mol. The van der Waals surface area contributed by atoms with Crippen LogP contribution in [-0.2, 0) is 0 Å². The minimum Gasteiger partial charge on any atom is -0.493 e. The lowest BCUT2D eigenvalue weighted by Gasteiger charge is -2.22. The molecular formula is C18H23N3O3. The van der Waals surface area contributed by atoms with E-state index in [2.05, 4.69) is 15.5 Å². The van der Waals surface area contributed by atoms with Crippen LogP contribution in [0.4, 0.5) is 0 Å². The third-order valence-electron chi connectivity index (χ3n) is 4.50. The fraction of sp³-hybridized carbons (Fsp3) is 0.444. The first-order chi connectivity index (χ1) is 11.7. The zero-order chi connectivity index (χ0) is 16.9. The molecule has 3 rings (SSSR count). The predicted octanol–water partition coefficient (Wildman–Crippen LogP) is 3.16. The Bertz CT molecular complexity index is 705. The van der Waals surface area contributed by atoms with Crippen molar-refractivity contribution in [2.75, 3.05) is 14.2 Å². The number of carbonyl (C=O) groups excluding carboxylic acids is 1. The first-order valence-electron chi connectivity index (χ1n) is 8.29. The summed E-state index contributed by atoms with van der Waals surface area (Å²) in [5, 5.41) is 10.1. The minimum absolute atomic E-state index is 0.0829. The van der Waals surface area contributed by atoms with Crippen LogP contribution in [0, 0.1) is 0 Å². The number of rotatable bonds is 5. The maximum absolute atomic E-state index is 12.6. The molecule has 0 unspecified atom stereocenters. The van der Waals surface area contributed by atoms with Crippen LogP contribution in [0.25, 0.3) is 11.3 Å². The number of nitrogens with zero attached hydrogens (tertiary/aromatic N) is 1. The molecule has 0 atom stereocenters. The van der Waals surface area contributed by atoms with E-state index in [4.69, 9.17) is 9.47 Å². The fourth-order valence-electron chi connectivity index (χ4n) is 3.18. The van der Waals surface area contributed by atoms with Crippen molar-refractivity contribution in [3.63, 3.8) is 0 Å². The zero-order valence-electron chi connectivity index (χ0n) is 14.1. The van der Waals surface area contributed by atoms with Gasteiger partial charge in [-0.05, 0) is 31.0 Å². The Morgan fingerprint density at radius 3 is 2.62 bits per heavy atom. The van der Waals surface area contributed by atoms with Crippen LogP contribution in [0.15, 0.2) is 24.4 Å². The molecule has 1 saturated carbocycles. The van der Waals surface area contributed by atoms with E-state index in [0.717, 1.165) is 18.4 Å². The maximum atomic E-state index is 12.6. The quantitative estimate of drug-likeness (QED) is 0.883. The lowest BCUT2D eigenvalue weighted by Crippen LogP contribution is -2.36. The largest absolute Gasteiger partial charge is 0.493 e. The highest BCUT2D eigenvalue weighted by Gasteiger charge is 2.21. The van der Waals surface area contributed by atoms with Crippen LogP contribution in [0.3, 0.4) is 0 Å². The molecule has 1 aliphatic carbocycles. The standard InChI is InChI=1S/C18H23N3O3/c1-23-15-9-8-12(10-16(15)24-2)17-14(11-19-21-17)18(22)20-13-6-4-3-5-7-13/h8-11,13H,3-7H2,1-2H3,(H,19,21)(H,20,22). The van der Waals surface area contributed by atoms with Crippen LogP contribution in [0.1, 0.15) is 42.5 Å². The number of carbonyl (C=O) groups is 1. The molecule has 1 aromatic carbocycles. The van der Waals surface area contributed by atoms with Crippen molar-refractivity contribution in [3.05, 3.63) is 30.0 Å². The Kier molecular flexibility index (Phi) is 5.03. The lowest BCUT2D eigenvalue weighted by atomic mass is 9.95. The number of aromatic nitrogens is 2. The van der Waals surface area contributed by atoms with Gasteiger partial charge in [0.2, 0.25) is 0 Å². The van der Waals surface area contributed by atoms with E-state index in [1.165, 1.54) is 19.3 Å². The molecule has 6 nitrogen and oxygen atoms in total. The molecular weight excluding hydrogens is 306 g/mol. The number of methoxy groups -OCH3 is 2. The van der Waals surface area contributed by atoms with Gasteiger partial charge in [-0.2, -0.15) is 5.10 Å². The molecule has 0 bridgehead atoms. The second-order valence-corrected chi connectivity index (χ2v) is 6.04. The van der Waals surface area contributed by atoms with E-state index in [9.17, 15) is 4.79 Å². The van der Waals surface area contributed by atoms with Crippen LogP contribution >= 0.6 is 0 Å². The van der Waals surface area contributed by atoms with Gasteiger partial charge in [-0.25, -0.2) is 0 Å². The Hall–Kier alpha value is -2.50. The molecule has 1 heterocycles. The molecule has 0 aliphatic heterocycles. The first kappa shape index (κ1) is 16.4. The van der Waals surface area contributed by atoms with Gasteiger partial charge in [0.1, 0.15) is 0 Å². The van der Waals surface area contributed by atoms with Crippen molar-refractivity contribution < 1.29 is 14.3 Å². The van der Waals surface area contributed by atoms with Gasteiger partial charge in [0.05, 0.1) is 31.7 Å². The van der Waals surface area contributed by atoms with E-state index in [1.807, 2.05) is 18.2 Å². The summed E-state index contributed by atoms with van der Waals surface area (Å²) in [6, 6.07) is 5.80. The number of H-pyrrole nitrogens is 1. The van der Waals surface area contributed by atoms with Gasteiger partial charge in [-0.3, -0.25) is 9.89 Å². The van der Waals surface area contributed by atoms with Gasteiger partial charge in [-0.1, -0.05) is 19.3 Å². The number of hydrogen-bond donors (Lipinski definition) is 2. The first-order valence-corrected chi connectivity index (χ1v) is 8.29. The topological polar surface area (TPSA) is 76.2 Å². The summed E-state index contributed by atoms with van der Waals surface area (Å²) >= 11 is 0. The number of hydrogen-bond acceptors (Lipinski definition) is 4. The number of ether oxygens (including phenoxy) is 2. The zero-order valence-corrected chi connectivity index (χ0v) is 14.1. The summed E-state index contributed by atoms with van der Waals surface area (Å²) in [6.07, 6.45) is 7.29. The summed E-state index contributed by atoms with van der Waals surface area (Å²) in [6.45, 7) is 0. The van der Waals surface area contributed by atoms with Gasteiger partial charge < -0.3 is 14.8 Å². The Balaban J connectivity index is 1.83. The van der Waals surface area contributed by atoms with Crippen LogP contribution in [0.2, 0.25) is 0 Å². The summed E-state index contributed by atoms with van der Waals surface area (Å²) < 4.78 is 10.6. The summed E-state index contributed by atoms with van der Waals surface area (Å²) in [7, 11) is 3.18. The summed E-state index contributed by atoms with van der Waals surface area (Å²) in [5.74, 6) is 1.18. The van der Waals surface area contributed by atoms with Crippen LogP contribution in [0.5, 0.6) is 11.5 Å². The van der Waals surface area contributed by atoms with Crippen molar-refractivity contribution in [1.29, 1.82) is 0 Å². The molecule has 1 amide bonds. The smallest absolute Gasteiger partial charge is 0.255 e. The van der Waals surface area contributed by atoms with Gasteiger partial charge in [-0.15, -0.1) is 0 Å². The van der Waals surface area contributed by atoms with Crippen molar-refractivity contribution >= 4 is 5.91 Å². The van der Waals surface area contributed by atoms with Crippen molar-refractivity contribution in [3.8, 4) is 22.8 Å². The molecule has 1 aliphatic rings. The molecule has 128 valence electrons. The SMILES string of the molecule is COc1ccc(-c2[nH]ncc2C(=O)NC2CCCCC2)cc1OC. The Labute approximate surface area is 141 Å². The van der Waals surface area contributed by atoms with E-state index < -0.39 is 0 Å². The minimum atomic E-state index is -0.0829. The number of benzene rings is 1. The maximum Gasteiger partial charge on any atom is 0.255 e. The van der Waals surface area contributed by atoms with E-state index in [-0.39, 0.29) is 11.9 Å². The van der Waals surface area contributed by atoms with Gasteiger partial charge >= 0.3 is 0 Å². The lowest BCUT2D eigenvalue weighted by molar-refractivity contribution is 0.0928. The number of nitrogens with one attached hydrogen (secondary N) is 2. The van der Waals surface area contributed by atoms with Crippen molar-refractivity contribution in [2.24, 2.45) is 0 Å². The second kappa shape index (κ2) is 7.38. The second-order valence-electron chi connectivity index (χ2n) is 6.04. The Morgan fingerprint density at radius 1 is 1.17 bits per heavy atom. The highest BCUT2D eigenvalue weighted by molar-refractivity contribution is 6.00. The average molecular weight is 329 g/mol. The monoisotopic (exact) mass is 329 g/mol. The third kappa shape index (κ3) is 3.37. The molecule has 24 heavy (non-hydrogen) atoms. The van der Waals surface area contributed by atoms with Crippen LogP contribution < -0.4 is 14.8 Å². The normalized spacial score (nSPS) is 15.1. The highest BCUT2D eigenvalue weighted by atomic mass is 16.5. The van der Waals surface area contributed by atoms with Crippen molar-refractivity contribution in [2.45, 2.75) is 38.1 Å². The molecule has 2 N–H and O–H groups in total. The average Bonchev–Trinajstić information content (AvgIpc) is 3.12. The summed E-state index contributed by atoms with van der Waals surface area (Å²) in [5.41, 5.74) is 2.07. The van der Waals surface area contributed by atoms with Gasteiger partial charge in [0.15, 0.2) is 11.5 Å². The fourth-order valence-corrected chi connectivity index (χ4v) is 3.18. The number of aromatic amines is 1. The molecule has 1 fully saturated rings. The molecule has 0 saturated heterocycles.